The van der Waals surface area contributed by atoms with Crippen molar-refractivity contribution in [1.82, 2.24) is 10.2 Å². The van der Waals surface area contributed by atoms with Crippen molar-refractivity contribution in [1.29, 1.82) is 0 Å². The third-order valence-electron chi connectivity index (χ3n) is 3.87. The van der Waals surface area contributed by atoms with Gasteiger partial charge in [0.2, 0.25) is 0 Å². The summed E-state index contributed by atoms with van der Waals surface area (Å²) < 4.78 is 0. The van der Waals surface area contributed by atoms with Gasteiger partial charge in [-0.25, -0.2) is 0 Å². The minimum Gasteiger partial charge on any atom is -0.317 e. The molecule has 0 aliphatic carbocycles. The summed E-state index contributed by atoms with van der Waals surface area (Å²) in [6.07, 6.45) is 3.87. The minimum atomic E-state index is 0.900. The zero-order chi connectivity index (χ0) is 12.8. The average molecular weight is 266 g/mol. The van der Waals surface area contributed by atoms with Gasteiger partial charge in [-0.05, 0) is 56.9 Å². The lowest BCUT2D eigenvalue weighted by molar-refractivity contribution is 0.208. The Morgan fingerprint density at radius 2 is 1.94 bits per heavy atom. The molecule has 1 saturated heterocycles. The molecule has 1 fully saturated rings. The molecular weight excluding hydrogens is 240 g/mol. The largest absolute Gasteiger partial charge is 0.317 e. The molecule has 1 aliphatic heterocycles. The van der Waals surface area contributed by atoms with Crippen molar-refractivity contribution in [3.63, 3.8) is 0 Å². The molecule has 2 rings (SSSR count). The van der Waals surface area contributed by atoms with E-state index in [1.165, 1.54) is 55.2 Å². The van der Waals surface area contributed by atoms with E-state index >= 15 is 0 Å². The van der Waals surface area contributed by atoms with E-state index in [0.29, 0.717) is 0 Å². The van der Waals surface area contributed by atoms with Crippen LogP contribution in [0.15, 0.2) is 12.1 Å². The summed E-state index contributed by atoms with van der Waals surface area (Å²) >= 11 is 1.98. The van der Waals surface area contributed by atoms with Gasteiger partial charge < -0.3 is 5.32 Å². The summed E-state index contributed by atoms with van der Waals surface area (Å²) in [5, 5.41) is 3.45. The summed E-state index contributed by atoms with van der Waals surface area (Å²) in [4.78, 5) is 5.66. The molecule has 0 bridgehead atoms. The van der Waals surface area contributed by atoms with Crippen LogP contribution in [0.2, 0.25) is 0 Å². The van der Waals surface area contributed by atoms with Crippen LogP contribution in [0.25, 0.3) is 0 Å². The van der Waals surface area contributed by atoms with Gasteiger partial charge in [0.1, 0.15) is 0 Å². The van der Waals surface area contributed by atoms with Gasteiger partial charge in [-0.15, -0.1) is 11.3 Å². The number of aryl methyl sites for hydroxylation is 1. The van der Waals surface area contributed by atoms with Crippen molar-refractivity contribution < 1.29 is 0 Å². The van der Waals surface area contributed by atoms with Gasteiger partial charge in [0, 0.05) is 22.8 Å². The van der Waals surface area contributed by atoms with Gasteiger partial charge in [0.25, 0.3) is 0 Å². The zero-order valence-electron chi connectivity index (χ0n) is 11.7. The topological polar surface area (TPSA) is 15.3 Å². The van der Waals surface area contributed by atoms with Gasteiger partial charge >= 0.3 is 0 Å². The highest BCUT2D eigenvalue weighted by molar-refractivity contribution is 7.11. The molecular formula is C15H26N2S. The molecule has 2 heterocycles. The Kier molecular flexibility index (Phi) is 5.67. The van der Waals surface area contributed by atoms with Crippen LogP contribution in [0.5, 0.6) is 0 Å². The molecule has 0 atom stereocenters. The summed E-state index contributed by atoms with van der Waals surface area (Å²) in [6.45, 7) is 10.5. The van der Waals surface area contributed by atoms with Gasteiger partial charge in [-0.1, -0.05) is 13.8 Å². The first-order valence-electron chi connectivity index (χ1n) is 7.32. The quantitative estimate of drug-likeness (QED) is 0.851. The normalized spacial score (nSPS) is 17.5. The van der Waals surface area contributed by atoms with Crippen LogP contribution in [-0.2, 0) is 13.0 Å². The van der Waals surface area contributed by atoms with Crippen LogP contribution in [-0.4, -0.2) is 31.1 Å². The third kappa shape index (κ3) is 4.08. The number of thiophene rings is 1. The second-order valence-corrected chi connectivity index (χ2v) is 6.50. The van der Waals surface area contributed by atoms with E-state index in [1.54, 1.807) is 0 Å². The van der Waals surface area contributed by atoms with Crippen LogP contribution < -0.4 is 5.32 Å². The van der Waals surface area contributed by atoms with E-state index < -0.39 is 0 Å². The molecule has 1 aromatic rings. The molecule has 0 saturated carbocycles. The Morgan fingerprint density at radius 3 is 2.56 bits per heavy atom. The second kappa shape index (κ2) is 7.27. The Balaban J connectivity index is 1.84. The SMILES string of the molecule is CCc1ccc(CN(CC)CC2CCNCC2)s1. The number of nitrogens with zero attached hydrogens (tertiary/aromatic N) is 1. The average Bonchev–Trinajstić information content (AvgIpc) is 2.87. The highest BCUT2D eigenvalue weighted by Gasteiger charge is 2.16. The van der Waals surface area contributed by atoms with Crippen LogP contribution in [0.4, 0.5) is 0 Å². The van der Waals surface area contributed by atoms with Crippen molar-refractivity contribution in [2.24, 2.45) is 5.92 Å². The Hall–Kier alpha value is -0.380. The third-order valence-corrected chi connectivity index (χ3v) is 5.08. The van der Waals surface area contributed by atoms with Crippen LogP contribution in [0, 0.1) is 5.92 Å². The van der Waals surface area contributed by atoms with E-state index in [9.17, 15) is 0 Å². The minimum absolute atomic E-state index is 0.900. The van der Waals surface area contributed by atoms with Crippen molar-refractivity contribution in [2.45, 2.75) is 39.7 Å². The van der Waals surface area contributed by atoms with Crippen molar-refractivity contribution >= 4 is 11.3 Å². The number of hydrogen-bond acceptors (Lipinski definition) is 3. The Labute approximate surface area is 115 Å². The standard InChI is InChI=1S/C15H26N2S/c1-3-14-5-6-15(18-14)12-17(4-2)11-13-7-9-16-10-8-13/h5-6,13,16H,3-4,7-12H2,1-2H3. The van der Waals surface area contributed by atoms with E-state index in [2.05, 4.69) is 36.2 Å². The lowest BCUT2D eigenvalue weighted by Crippen LogP contribution is -2.35. The van der Waals surface area contributed by atoms with E-state index in [4.69, 9.17) is 0 Å². The van der Waals surface area contributed by atoms with Gasteiger partial charge in [0.15, 0.2) is 0 Å². The summed E-state index contributed by atoms with van der Waals surface area (Å²) in [5.74, 6) is 0.900. The number of hydrogen-bond donors (Lipinski definition) is 1. The predicted octanol–water partition coefficient (Wildman–Crippen LogP) is 3.13. The first kappa shape index (κ1) is 14.0. The van der Waals surface area contributed by atoms with Crippen molar-refractivity contribution in [3.05, 3.63) is 21.9 Å². The van der Waals surface area contributed by atoms with Gasteiger partial charge in [-0.3, -0.25) is 4.90 Å². The second-order valence-electron chi connectivity index (χ2n) is 5.24. The maximum Gasteiger partial charge on any atom is 0.0328 e. The number of piperidine rings is 1. The smallest absolute Gasteiger partial charge is 0.0328 e. The summed E-state index contributed by atoms with van der Waals surface area (Å²) in [5.41, 5.74) is 0. The molecule has 1 aliphatic rings. The molecule has 102 valence electrons. The molecule has 0 spiro atoms. The van der Waals surface area contributed by atoms with Crippen molar-refractivity contribution in [2.75, 3.05) is 26.2 Å². The molecule has 18 heavy (non-hydrogen) atoms. The van der Waals surface area contributed by atoms with Crippen LogP contribution >= 0.6 is 11.3 Å². The lowest BCUT2D eigenvalue weighted by atomic mass is 9.97. The lowest BCUT2D eigenvalue weighted by Gasteiger charge is -2.29. The van der Waals surface area contributed by atoms with Crippen LogP contribution in [0.1, 0.15) is 36.4 Å². The van der Waals surface area contributed by atoms with Gasteiger partial charge in [-0.2, -0.15) is 0 Å². The molecule has 0 amide bonds. The van der Waals surface area contributed by atoms with Crippen molar-refractivity contribution in [3.8, 4) is 0 Å². The maximum absolute atomic E-state index is 3.45. The fourth-order valence-corrected chi connectivity index (χ4v) is 3.65. The first-order valence-corrected chi connectivity index (χ1v) is 8.14. The Morgan fingerprint density at radius 1 is 1.22 bits per heavy atom. The van der Waals surface area contributed by atoms with Crippen LogP contribution in [0.3, 0.4) is 0 Å². The molecule has 2 nitrogen and oxygen atoms in total. The predicted molar refractivity (Wildman–Crippen MR) is 80.2 cm³/mol. The summed E-state index contributed by atoms with van der Waals surface area (Å²) in [7, 11) is 0. The molecule has 0 unspecified atom stereocenters. The van der Waals surface area contributed by atoms with E-state index in [1.807, 2.05) is 11.3 Å². The Bertz CT molecular complexity index is 342. The maximum atomic E-state index is 3.45. The molecule has 0 radical (unpaired) electrons. The summed E-state index contributed by atoms with van der Waals surface area (Å²) in [6, 6.07) is 4.60. The highest BCUT2D eigenvalue weighted by Crippen LogP contribution is 2.20. The molecule has 0 aromatic carbocycles. The fourth-order valence-electron chi connectivity index (χ4n) is 2.65. The van der Waals surface area contributed by atoms with E-state index in [0.717, 1.165) is 12.5 Å². The fraction of sp³-hybridized carbons (Fsp3) is 0.733. The molecule has 3 heteroatoms. The number of nitrogens with one attached hydrogen (secondary N) is 1. The van der Waals surface area contributed by atoms with Gasteiger partial charge in [0.05, 0.1) is 0 Å². The monoisotopic (exact) mass is 266 g/mol. The van der Waals surface area contributed by atoms with E-state index in [-0.39, 0.29) is 0 Å². The zero-order valence-corrected chi connectivity index (χ0v) is 12.6. The number of rotatable bonds is 6. The molecule has 1 N–H and O–H groups in total. The highest BCUT2D eigenvalue weighted by atomic mass is 32.1. The molecule has 1 aromatic heterocycles. The first-order chi connectivity index (χ1) is 8.81.